The molecule has 1 aromatic carbocycles. The second-order valence-electron chi connectivity index (χ2n) is 2.34. The van der Waals surface area contributed by atoms with E-state index in [4.69, 9.17) is 5.73 Å². The van der Waals surface area contributed by atoms with E-state index in [2.05, 4.69) is 9.55 Å². The molecule has 2 N–H and O–H groups in total. The topological polar surface area (TPSA) is 68.3 Å². The van der Waals surface area contributed by atoms with Gasteiger partial charge in [0.15, 0.2) is 0 Å². The van der Waals surface area contributed by atoms with Gasteiger partial charge < -0.3 is 5.73 Å². The van der Waals surface area contributed by atoms with Gasteiger partial charge in [0.2, 0.25) is 0 Å². The highest BCUT2D eigenvalue weighted by Gasteiger charge is 2.02. The molecule has 0 atom stereocenters. The molecule has 0 bridgehead atoms. The Morgan fingerprint density at radius 2 is 2.33 bits per heavy atom. The Morgan fingerprint density at radius 3 is 3.08 bits per heavy atom. The van der Waals surface area contributed by atoms with Crippen LogP contribution in [0, 0.1) is 4.91 Å². The summed E-state index contributed by atoms with van der Waals surface area (Å²) in [6, 6.07) is 4.99. The summed E-state index contributed by atoms with van der Waals surface area (Å²) >= 11 is 1.22. The minimum Gasteiger partial charge on any atom is -0.389 e. The van der Waals surface area contributed by atoms with Gasteiger partial charge in [-0.3, -0.25) is 0 Å². The largest absolute Gasteiger partial charge is 0.389 e. The first kappa shape index (κ1) is 7.17. The molecule has 0 saturated heterocycles. The van der Waals surface area contributed by atoms with Crippen LogP contribution in [-0.4, -0.2) is 4.37 Å². The van der Waals surface area contributed by atoms with E-state index in [0.717, 1.165) is 10.9 Å². The van der Waals surface area contributed by atoms with E-state index in [-0.39, 0.29) is 0 Å². The first-order chi connectivity index (χ1) is 5.81. The van der Waals surface area contributed by atoms with Crippen LogP contribution in [0.25, 0.3) is 10.9 Å². The van der Waals surface area contributed by atoms with Crippen LogP contribution in [-0.2, 0) is 0 Å². The molecule has 0 spiro atoms. The molecule has 0 fully saturated rings. The molecule has 4 nitrogen and oxygen atoms in total. The maximum Gasteiger partial charge on any atom is 0.114 e. The second-order valence-corrected chi connectivity index (χ2v) is 3.14. The van der Waals surface area contributed by atoms with Crippen LogP contribution in [0.2, 0.25) is 0 Å². The van der Waals surface area contributed by atoms with Crippen molar-refractivity contribution < 1.29 is 0 Å². The number of anilines is 1. The summed E-state index contributed by atoms with van der Waals surface area (Å²) in [5, 5.41) is 4.24. The van der Waals surface area contributed by atoms with Gasteiger partial charge in [0.25, 0.3) is 0 Å². The number of hydrogen-bond donors (Lipinski definition) is 1. The summed E-state index contributed by atoms with van der Waals surface area (Å²) in [7, 11) is 0. The molecular formula is C7H5N3OS. The normalized spacial score (nSPS) is 10.3. The van der Waals surface area contributed by atoms with Crippen molar-refractivity contribution in [3.63, 3.8) is 0 Å². The van der Waals surface area contributed by atoms with Gasteiger partial charge in [-0.25, -0.2) is 0 Å². The van der Waals surface area contributed by atoms with Crippen molar-refractivity contribution in [1.29, 1.82) is 0 Å². The maximum atomic E-state index is 10.2. The Kier molecular flexibility index (Phi) is 1.51. The number of aromatic nitrogens is 1. The molecule has 2 rings (SSSR count). The smallest absolute Gasteiger partial charge is 0.114 e. The second kappa shape index (κ2) is 2.53. The summed E-state index contributed by atoms with van der Waals surface area (Å²) in [4.78, 5) is 10.2. The summed E-state index contributed by atoms with van der Waals surface area (Å²) < 4.78 is 4.07. The number of nitrogens with zero attached hydrogens (tertiary/aromatic N) is 2. The molecule has 0 saturated carbocycles. The van der Waals surface area contributed by atoms with E-state index in [0.29, 0.717) is 10.7 Å². The molecule has 5 heteroatoms. The number of benzene rings is 1. The molecule has 60 valence electrons. The first-order valence-electron chi connectivity index (χ1n) is 3.29. The van der Waals surface area contributed by atoms with E-state index >= 15 is 0 Å². The summed E-state index contributed by atoms with van der Waals surface area (Å²) in [6.45, 7) is 0. The SMILES string of the molecule is Nc1snc2ccc(N=O)cc12. The number of nitrogens with two attached hydrogens (primary N) is 1. The molecule has 12 heavy (non-hydrogen) atoms. The Labute approximate surface area is 72.1 Å². The quantitative estimate of drug-likeness (QED) is 0.683. The highest BCUT2D eigenvalue weighted by Crippen LogP contribution is 2.28. The van der Waals surface area contributed by atoms with Crippen LogP contribution in [0.15, 0.2) is 23.4 Å². The monoisotopic (exact) mass is 179 g/mol. The van der Waals surface area contributed by atoms with Crippen molar-refractivity contribution in [2.24, 2.45) is 5.18 Å². The number of rotatable bonds is 1. The van der Waals surface area contributed by atoms with E-state index in [9.17, 15) is 4.91 Å². The summed E-state index contributed by atoms with van der Waals surface area (Å²) in [5.74, 6) is 0. The van der Waals surface area contributed by atoms with Gasteiger partial charge in [-0.05, 0) is 34.9 Å². The molecule has 0 aliphatic carbocycles. The van der Waals surface area contributed by atoms with Gasteiger partial charge in [-0.1, -0.05) is 0 Å². The van der Waals surface area contributed by atoms with Gasteiger partial charge in [0.05, 0.1) is 5.52 Å². The third-order valence-corrected chi connectivity index (χ3v) is 2.30. The van der Waals surface area contributed by atoms with E-state index in [1.54, 1.807) is 18.2 Å². The lowest BCUT2D eigenvalue weighted by Gasteiger charge is -1.89. The van der Waals surface area contributed by atoms with E-state index in [1.165, 1.54) is 11.5 Å². The predicted molar refractivity (Wildman–Crippen MR) is 49.5 cm³/mol. The molecule has 0 radical (unpaired) electrons. The van der Waals surface area contributed by atoms with Crippen molar-refractivity contribution in [3.8, 4) is 0 Å². The van der Waals surface area contributed by atoms with Gasteiger partial charge in [-0.2, -0.15) is 4.37 Å². The van der Waals surface area contributed by atoms with Crippen LogP contribution in [0.3, 0.4) is 0 Å². The van der Waals surface area contributed by atoms with E-state index in [1.807, 2.05) is 0 Å². The number of nitrogen functional groups attached to an aromatic ring is 1. The fourth-order valence-electron chi connectivity index (χ4n) is 1.01. The van der Waals surface area contributed by atoms with E-state index < -0.39 is 0 Å². The third kappa shape index (κ3) is 0.947. The molecule has 1 aromatic heterocycles. The molecule has 1 heterocycles. The Hall–Kier alpha value is -1.49. The Balaban J connectivity index is 2.79. The number of fused-ring (bicyclic) bond motifs is 1. The Bertz CT molecular complexity index is 437. The fraction of sp³-hybridized carbons (Fsp3) is 0. The van der Waals surface area contributed by atoms with Crippen molar-refractivity contribution in [3.05, 3.63) is 23.1 Å². The van der Waals surface area contributed by atoms with Crippen LogP contribution >= 0.6 is 11.5 Å². The standard InChI is InChI=1S/C7H5N3OS/c8-7-5-3-4(9-11)1-2-6(5)10-12-7/h1-3H,8H2. The molecule has 0 unspecified atom stereocenters. The zero-order valence-electron chi connectivity index (χ0n) is 6.02. The van der Waals surface area contributed by atoms with Crippen molar-refractivity contribution in [2.45, 2.75) is 0 Å². The zero-order valence-corrected chi connectivity index (χ0v) is 6.84. The molecule has 0 aliphatic heterocycles. The van der Waals surface area contributed by atoms with Crippen molar-refractivity contribution in [1.82, 2.24) is 4.37 Å². The Morgan fingerprint density at radius 1 is 1.50 bits per heavy atom. The first-order valence-corrected chi connectivity index (χ1v) is 4.07. The lowest BCUT2D eigenvalue weighted by Crippen LogP contribution is -1.77. The predicted octanol–water partition coefficient (Wildman–Crippen LogP) is 2.28. The minimum absolute atomic E-state index is 0.384. The van der Waals surface area contributed by atoms with Gasteiger partial charge >= 0.3 is 0 Å². The van der Waals surface area contributed by atoms with Crippen LogP contribution in [0.4, 0.5) is 10.7 Å². The van der Waals surface area contributed by atoms with Gasteiger partial charge in [-0.15, -0.1) is 4.91 Å². The molecule has 2 aromatic rings. The molecule has 0 aliphatic rings. The van der Waals surface area contributed by atoms with Crippen LogP contribution in [0.5, 0.6) is 0 Å². The minimum atomic E-state index is 0.384. The van der Waals surface area contributed by atoms with Crippen LogP contribution in [0.1, 0.15) is 0 Å². The highest BCUT2D eigenvalue weighted by molar-refractivity contribution is 7.11. The maximum absolute atomic E-state index is 10.2. The van der Waals surface area contributed by atoms with Gasteiger partial charge in [0.1, 0.15) is 10.7 Å². The average molecular weight is 179 g/mol. The lowest BCUT2D eigenvalue weighted by atomic mass is 10.2. The lowest BCUT2D eigenvalue weighted by molar-refractivity contribution is 1.52. The summed E-state index contributed by atoms with van der Waals surface area (Å²) in [5.41, 5.74) is 6.81. The number of nitroso groups, excluding NO2 is 1. The third-order valence-electron chi connectivity index (χ3n) is 1.59. The van der Waals surface area contributed by atoms with Gasteiger partial charge in [0, 0.05) is 5.39 Å². The van der Waals surface area contributed by atoms with Crippen molar-refractivity contribution >= 4 is 33.1 Å². The van der Waals surface area contributed by atoms with Crippen molar-refractivity contribution in [2.75, 3.05) is 5.73 Å². The molecule has 0 amide bonds. The number of hydrogen-bond acceptors (Lipinski definition) is 5. The summed E-state index contributed by atoms with van der Waals surface area (Å²) in [6.07, 6.45) is 0. The fourth-order valence-corrected chi connectivity index (χ4v) is 1.62. The zero-order chi connectivity index (χ0) is 8.55. The highest BCUT2D eigenvalue weighted by atomic mass is 32.1. The average Bonchev–Trinajstić information content (AvgIpc) is 2.47. The molecular weight excluding hydrogens is 174 g/mol. The van der Waals surface area contributed by atoms with Crippen LogP contribution < -0.4 is 5.73 Å².